The molecule has 4 heteroatoms. The lowest BCUT2D eigenvalue weighted by Crippen LogP contribution is -2.42. The zero-order valence-corrected chi connectivity index (χ0v) is 20.1. The van der Waals surface area contributed by atoms with Gasteiger partial charge >= 0.3 is 5.97 Å². The monoisotopic (exact) mass is 416 g/mol. The highest BCUT2D eigenvalue weighted by molar-refractivity contribution is 6.69. The molecule has 6 atom stereocenters. The zero-order chi connectivity index (χ0) is 20.8. The lowest BCUT2D eigenvalue weighted by Gasteiger charge is -2.50. The van der Waals surface area contributed by atoms with Gasteiger partial charge < -0.3 is 9.16 Å². The van der Waals surface area contributed by atoms with Crippen molar-refractivity contribution in [2.75, 3.05) is 6.61 Å². The molecule has 0 aromatic heterocycles. The number of rotatable bonds is 5. The molecule has 0 aliphatic heterocycles. The fourth-order valence-corrected chi connectivity index (χ4v) is 8.34. The molecule has 0 spiro atoms. The summed E-state index contributed by atoms with van der Waals surface area (Å²) in [5.74, 6) is 2.82. The summed E-state index contributed by atoms with van der Waals surface area (Å²) in [5, 5.41) is 0. The molecule has 4 aliphatic carbocycles. The molecular weight excluding hydrogens is 376 g/mol. The standard InChI is InChI=1S/C25H40O3Si/c1-17(26)27-15-13-19-7-11-24-23-9-6-18-16-20(28-29(3,4)5)8-10-21(18)22(23)12-14-25(19,24)2/h6,9,19-22,24H,7-8,10-16H2,1-5H3/t19-,20?,21?,22?,24?,25-/m1/s1. The third-order valence-electron chi connectivity index (χ3n) is 8.36. The fraction of sp³-hybridized carbons (Fsp3) is 0.800. The van der Waals surface area contributed by atoms with Crippen molar-refractivity contribution in [2.45, 2.75) is 91.0 Å². The maximum absolute atomic E-state index is 11.2. The van der Waals surface area contributed by atoms with E-state index in [1.807, 2.05) is 0 Å². The second-order valence-corrected chi connectivity index (χ2v) is 15.7. The fourth-order valence-electron chi connectivity index (χ4n) is 7.14. The second-order valence-electron chi connectivity index (χ2n) is 11.3. The van der Waals surface area contributed by atoms with Crippen LogP contribution in [0.15, 0.2) is 23.3 Å². The van der Waals surface area contributed by atoms with Crippen LogP contribution in [-0.2, 0) is 14.0 Å². The average molecular weight is 417 g/mol. The van der Waals surface area contributed by atoms with Crippen LogP contribution in [0.4, 0.5) is 0 Å². The quantitative estimate of drug-likeness (QED) is 0.391. The van der Waals surface area contributed by atoms with Gasteiger partial charge in [0.25, 0.3) is 0 Å². The van der Waals surface area contributed by atoms with Crippen molar-refractivity contribution in [3.05, 3.63) is 23.3 Å². The Morgan fingerprint density at radius 3 is 2.62 bits per heavy atom. The average Bonchev–Trinajstić information content (AvgIpc) is 2.96. The van der Waals surface area contributed by atoms with Crippen LogP contribution in [0, 0.1) is 29.1 Å². The lowest BCUT2D eigenvalue weighted by atomic mass is 9.55. The molecule has 4 unspecified atom stereocenters. The van der Waals surface area contributed by atoms with E-state index >= 15 is 0 Å². The van der Waals surface area contributed by atoms with Crippen molar-refractivity contribution in [3.8, 4) is 0 Å². The van der Waals surface area contributed by atoms with Gasteiger partial charge in [0.1, 0.15) is 0 Å². The maximum atomic E-state index is 11.2. The van der Waals surface area contributed by atoms with E-state index in [0.717, 1.165) is 30.6 Å². The van der Waals surface area contributed by atoms with E-state index in [1.165, 1.54) is 45.4 Å². The van der Waals surface area contributed by atoms with Crippen molar-refractivity contribution >= 4 is 14.3 Å². The minimum Gasteiger partial charge on any atom is -0.466 e. The Balaban J connectivity index is 1.47. The number of carbonyl (C=O) groups is 1. The third kappa shape index (κ3) is 4.30. The number of fused-ring (bicyclic) bond motifs is 5. The molecule has 3 saturated carbocycles. The lowest BCUT2D eigenvalue weighted by molar-refractivity contribution is -0.141. The van der Waals surface area contributed by atoms with Crippen LogP contribution in [0.25, 0.3) is 0 Å². The predicted molar refractivity (Wildman–Crippen MR) is 120 cm³/mol. The molecule has 3 nitrogen and oxygen atoms in total. The Bertz CT molecular complexity index is 703. The van der Waals surface area contributed by atoms with E-state index in [-0.39, 0.29) is 5.97 Å². The predicted octanol–water partition coefficient (Wildman–Crippen LogP) is 6.27. The largest absolute Gasteiger partial charge is 0.466 e. The third-order valence-corrected chi connectivity index (χ3v) is 9.40. The summed E-state index contributed by atoms with van der Waals surface area (Å²) < 4.78 is 11.7. The van der Waals surface area contributed by atoms with Crippen LogP contribution in [0.2, 0.25) is 19.6 Å². The van der Waals surface area contributed by atoms with Crippen molar-refractivity contribution in [2.24, 2.45) is 29.1 Å². The molecule has 3 fully saturated rings. The van der Waals surface area contributed by atoms with Crippen molar-refractivity contribution in [1.82, 2.24) is 0 Å². The summed E-state index contributed by atoms with van der Waals surface area (Å²) >= 11 is 0. The summed E-state index contributed by atoms with van der Waals surface area (Å²) in [5.41, 5.74) is 3.82. The van der Waals surface area contributed by atoms with Gasteiger partial charge in [-0.3, -0.25) is 4.79 Å². The summed E-state index contributed by atoms with van der Waals surface area (Å²) in [7, 11) is -1.46. The van der Waals surface area contributed by atoms with E-state index in [4.69, 9.17) is 9.16 Å². The van der Waals surface area contributed by atoms with E-state index < -0.39 is 8.32 Å². The normalized spacial score (nSPS) is 39.0. The number of ether oxygens (including phenoxy) is 1. The van der Waals surface area contributed by atoms with Gasteiger partial charge in [0.05, 0.1) is 6.61 Å². The molecule has 29 heavy (non-hydrogen) atoms. The van der Waals surface area contributed by atoms with Crippen LogP contribution in [-0.4, -0.2) is 27.0 Å². The van der Waals surface area contributed by atoms with Crippen molar-refractivity contribution in [1.29, 1.82) is 0 Å². The van der Waals surface area contributed by atoms with Gasteiger partial charge in [-0.1, -0.05) is 30.2 Å². The van der Waals surface area contributed by atoms with E-state index in [1.54, 1.807) is 11.1 Å². The first kappa shape index (κ1) is 21.4. The van der Waals surface area contributed by atoms with Crippen molar-refractivity contribution in [3.63, 3.8) is 0 Å². The van der Waals surface area contributed by atoms with Crippen LogP contribution in [0.5, 0.6) is 0 Å². The first-order chi connectivity index (χ1) is 13.7. The summed E-state index contributed by atoms with van der Waals surface area (Å²) in [6.45, 7) is 11.6. The Labute approximate surface area is 178 Å². The molecule has 162 valence electrons. The molecular formula is C25H40O3Si. The van der Waals surface area contributed by atoms with Crippen molar-refractivity contribution < 1.29 is 14.0 Å². The minimum atomic E-state index is -1.46. The first-order valence-corrected chi connectivity index (χ1v) is 15.3. The maximum Gasteiger partial charge on any atom is 0.302 e. The number of allylic oxidation sites excluding steroid dienone is 3. The second kappa shape index (κ2) is 7.99. The molecule has 0 heterocycles. The molecule has 4 aliphatic rings. The topological polar surface area (TPSA) is 35.5 Å². The Hall–Kier alpha value is -0.873. The van der Waals surface area contributed by atoms with Gasteiger partial charge in [-0.25, -0.2) is 0 Å². The molecule has 4 rings (SSSR count). The first-order valence-electron chi connectivity index (χ1n) is 11.9. The van der Waals surface area contributed by atoms with Gasteiger partial charge in [0.15, 0.2) is 8.32 Å². The zero-order valence-electron chi connectivity index (χ0n) is 19.1. The summed E-state index contributed by atoms with van der Waals surface area (Å²) in [4.78, 5) is 11.2. The molecule has 0 saturated heterocycles. The summed E-state index contributed by atoms with van der Waals surface area (Å²) in [6.07, 6.45) is 15.5. The van der Waals surface area contributed by atoms with Crippen LogP contribution < -0.4 is 0 Å². The molecule has 0 radical (unpaired) electrons. The molecule has 0 amide bonds. The molecule has 0 bridgehead atoms. The van der Waals surface area contributed by atoms with E-state index in [9.17, 15) is 4.79 Å². The SMILES string of the molecule is CC(=O)OCC[C@H]1CCC2C3=CC=C4CC(O[Si](C)(C)C)CCC4C3CC[C@@]21C. The minimum absolute atomic E-state index is 0.144. The summed E-state index contributed by atoms with van der Waals surface area (Å²) in [6, 6.07) is 0. The highest BCUT2D eigenvalue weighted by Crippen LogP contribution is 2.62. The van der Waals surface area contributed by atoms with Crippen LogP contribution in [0.3, 0.4) is 0 Å². The molecule has 0 N–H and O–H groups in total. The Morgan fingerprint density at radius 1 is 1.10 bits per heavy atom. The number of hydrogen-bond donors (Lipinski definition) is 0. The molecule has 0 aromatic carbocycles. The van der Waals surface area contributed by atoms with Gasteiger partial charge in [0, 0.05) is 13.0 Å². The van der Waals surface area contributed by atoms with Gasteiger partial charge in [-0.15, -0.1) is 0 Å². The highest BCUT2D eigenvalue weighted by atomic mass is 28.4. The smallest absolute Gasteiger partial charge is 0.302 e. The van der Waals surface area contributed by atoms with Crippen LogP contribution >= 0.6 is 0 Å². The number of hydrogen-bond acceptors (Lipinski definition) is 3. The van der Waals surface area contributed by atoms with Gasteiger partial charge in [-0.2, -0.15) is 0 Å². The Morgan fingerprint density at radius 2 is 1.90 bits per heavy atom. The number of esters is 1. The van der Waals surface area contributed by atoms with Crippen LogP contribution in [0.1, 0.15) is 65.2 Å². The highest BCUT2D eigenvalue weighted by Gasteiger charge is 2.53. The van der Waals surface area contributed by atoms with E-state index in [0.29, 0.717) is 24.0 Å². The number of carbonyl (C=O) groups excluding carboxylic acids is 1. The molecule has 0 aromatic rings. The van der Waals surface area contributed by atoms with Gasteiger partial charge in [-0.05, 0) is 100 Å². The Kier molecular flexibility index (Phi) is 5.89. The van der Waals surface area contributed by atoms with E-state index in [2.05, 4.69) is 38.7 Å². The van der Waals surface area contributed by atoms with Gasteiger partial charge in [0.2, 0.25) is 0 Å².